The zero-order chi connectivity index (χ0) is 15.9. The van der Waals surface area contributed by atoms with Gasteiger partial charge in [-0.3, -0.25) is 4.90 Å². The van der Waals surface area contributed by atoms with E-state index in [-0.39, 0.29) is 19.6 Å². The fourth-order valence-electron chi connectivity index (χ4n) is 2.32. The Balaban J connectivity index is 2.03. The molecule has 21 heavy (non-hydrogen) atoms. The van der Waals surface area contributed by atoms with Crippen molar-refractivity contribution in [1.82, 2.24) is 4.90 Å². The van der Waals surface area contributed by atoms with E-state index >= 15 is 0 Å². The van der Waals surface area contributed by atoms with Crippen LogP contribution >= 0.6 is 0 Å². The Bertz CT molecular complexity index is 504. The van der Waals surface area contributed by atoms with Gasteiger partial charge in [0.25, 0.3) is 0 Å². The van der Waals surface area contributed by atoms with Crippen molar-refractivity contribution in [2.24, 2.45) is 0 Å². The van der Waals surface area contributed by atoms with Crippen LogP contribution in [-0.4, -0.2) is 36.9 Å². The van der Waals surface area contributed by atoms with E-state index in [1.807, 2.05) is 0 Å². The summed E-state index contributed by atoms with van der Waals surface area (Å²) in [4.78, 5) is 1.40. The van der Waals surface area contributed by atoms with Crippen LogP contribution in [0.25, 0.3) is 0 Å². The van der Waals surface area contributed by atoms with Crippen LogP contribution < -0.4 is 0 Å². The monoisotopic (exact) mass is 313 g/mol. The molecular weight excluding hydrogens is 300 g/mol. The Hall–Kier alpha value is -1.28. The predicted octanol–water partition coefficient (Wildman–Crippen LogP) is 3.47. The number of nitrogens with zero attached hydrogens (tertiary/aromatic N) is 1. The predicted molar refractivity (Wildman–Crippen MR) is 62.5 cm³/mol. The minimum absolute atomic E-state index is 0.0190. The molecule has 0 radical (unpaired) electrons. The normalized spacial score (nSPS) is 19.4. The summed E-state index contributed by atoms with van der Waals surface area (Å²) >= 11 is 0. The van der Waals surface area contributed by atoms with Crippen LogP contribution in [0.2, 0.25) is 0 Å². The molecule has 1 aromatic carbocycles. The summed E-state index contributed by atoms with van der Waals surface area (Å²) in [5.74, 6) is 0. The van der Waals surface area contributed by atoms with E-state index in [1.54, 1.807) is 0 Å². The second-order valence-corrected chi connectivity index (χ2v) is 5.04. The minimum atomic E-state index is -4.49. The fraction of sp³-hybridized carbons (Fsp3) is 0.538. The van der Waals surface area contributed by atoms with Crippen molar-refractivity contribution in [2.75, 3.05) is 20.2 Å². The van der Waals surface area contributed by atoms with Crippen LogP contribution in [0.3, 0.4) is 0 Å². The number of alkyl halides is 6. The van der Waals surface area contributed by atoms with Gasteiger partial charge >= 0.3 is 12.4 Å². The van der Waals surface area contributed by atoms with Gasteiger partial charge < -0.3 is 4.74 Å². The SMILES string of the molecule is COC1(C(F)(F)F)CN(Cc2cccc(C(F)(F)F)c2)C1. The molecule has 2 nitrogen and oxygen atoms in total. The highest BCUT2D eigenvalue weighted by molar-refractivity contribution is 5.26. The third-order valence-corrected chi connectivity index (χ3v) is 3.53. The van der Waals surface area contributed by atoms with Crippen LogP contribution in [0.15, 0.2) is 24.3 Å². The van der Waals surface area contributed by atoms with Crippen molar-refractivity contribution >= 4 is 0 Å². The molecule has 1 saturated heterocycles. The first-order chi connectivity index (χ1) is 9.57. The van der Waals surface area contributed by atoms with Gasteiger partial charge in [0.2, 0.25) is 0 Å². The molecule has 118 valence electrons. The van der Waals surface area contributed by atoms with Gasteiger partial charge in [-0.05, 0) is 11.6 Å². The van der Waals surface area contributed by atoms with Gasteiger partial charge in [-0.25, -0.2) is 0 Å². The van der Waals surface area contributed by atoms with E-state index in [9.17, 15) is 26.3 Å². The van der Waals surface area contributed by atoms with Crippen LogP contribution in [0.1, 0.15) is 11.1 Å². The molecule has 1 aliphatic rings. The average molecular weight is 313 g/mol. The largest absolute Gasteiger partial charge is 0.419 e. The van der Waals surface area contributed by atoms with Crippen molar-refractivity contribution in [3.8, 4) is 0 Å². The maximum absolute atomic E-state index is 12.8. The lowest BCUT2D eigenvalue weighted by Crippen LogP contribution is -2.69. The van der Waals surface area contributed by atoms with Gasteiger partial charge in [-0.1, -0.05) is 18.2 Å². The van der Waals surface area contributed by atoms with Crippen LogP contribution in [0, 0.1) is 0 Å². The molecule has 0 N–H and O–H groups in total. The fourth-order valence-corrected chi connectivity index (χ4v) is 2.32. The smallest absolute Gasteiger partial charge is 0.366 e. The van der Waals surface area contributed by atoms with Gasteiger partial charge in [0.15, 0.2) is 5.60 Å². The standard InChI is InChI=1S/C13H13F6NO/c1-21-11(13(17,18)19)7-20(8-11)6-9-3-2-4-10(5-9)12(14,15)16/h2-5H,6-8H2,1H3. The maximum Gasteiger partial charge on any atom is 0.419 e. The first-order valence-corrected chi connectivity index (χ1v) is 6.08. The second kappa shape index (κ2) is 5.17. The summed E-state index contributed by atoms with van der Waals surface area (Å²) in [5.41, 5.74) is -2.71. The summed E-state index contributed by atoms with van der Waals surface area (Å²) in [6, 6.07) is 4.57. The molecule has 0 aromatic heterocycles. The molecule has 8 heteroatoms. The molecule has 1 aromatic rings. The Morgan fingerprint density at radius 2 is 1.76 bits per heavy atom. The summed E-state index contributed by atoms with van der Waals surface area (Å²) in [6.07, 6.45) is -8.96. The number of rotatable bonds is 3. The van der Waals surface area contributed by atoms with Crippen molar-refractivity contribution in [2.45, 2.75) is 24.5 Å². The molecular formula is C13H13F6NO. The third kappa shape index (κ3) is 3.16. The van der Waals surface area contributed by atoms with Crippen LogP contribution in [-0.2, 0) is 17.5 Å². The number of methoxy groups -OCH3 is 1. The molecule has 0 saturated carbocycles. The van der Waals surface area contributed by atoms with Crippen LogP contribution in [0.4, 0.5) is 26.3 Å². The summed E-state index contributed by atoms with van der Waals surface area (Å²) in [6.45, 7) is -0.752. The first kappa shape index (κ1) is 16.1. The van der Waals surface area contributed by atoms with Crippen molar-refractivity contribution in [3.63, 3.8) is 0 Å². The van der Waals surface area contributed by atoms with E-state index in [4.69, 9.17) is 0 Å². The van der Waals surface area contributed by atoms with Gasteiger partial charge in [0.05, 0.1) is 5.56 Å². The van der Waals surface area contributed by atoms with Gasteiger partial charge in [-0.15, -0.1) is 0 Å². The Labute approximate surface area is 117 Å². The van der Waals surface area contributed by atoms with Gasteiger partial charge in [0.1, 0.15) is 0 Å². The molecule has 0 unspecified atom stereocenters. The van der Waals surface area contributed by atoms with Crippen LogP contribution in [0.5, 0.6) is 0 Å². The average Bonchev–Trinajstić information content (AvgIpc) is 2.31. The molecule has 2 rings (SSSR count). The van der Waals surface area contributed by atoms with E-state index in [0.29, 0.717) is 5.56 Å². The highest BCUT2D eigenvalue weighted by atomic mass is 19.4. The van der Waals surface area contributed by atoms with Crippen molar-refractivity contribution < 1.29 is 31.1 Å². The number of hydrogen-bond acceptors (Lipinski definition) is 2. The van der Waals surface area contributed by atoms with Gasteiger partial charge in [0, 0.05) is 26.7 Å². The lowest BCUT2D eigenvalue weighted by Gasteiger charge is -2.49. The number of likely N-dealkylation sites (tertiary alicyclic amines) is 1. The topological polar surface area (TPSA) is 12.5 Å². The quantitative estimate of drug-likeness (QED) is 0.792. The van der Waals surface area contributed by atoms with E-state index in [1.165, 1.54) is 17.0 Å². The zero-order valence-electron chi connectivity index (χ0n) is 11.1. The summed E-state index contributed by atoms with van der Waals surface area (Å²) < 4.78 is 80.6. The summed E-state index contributed by atoms with van der Waals surface area (Å²) in [5, 5.41) is 0. The molecule has 0 aliphatic carbocycles. The molecule has 1 fully saturated rings. The lowest BCUT2D eigenvalue weighted by atomic mass is 9.92. The molecule has 1 aliphatic heterocycles. The number of halogens is 6. The Morgan fingerprint density at radius 1 is 1.14 bits per heavy atom. The van der Waals surface area contributed by atoms with E-state index in [0.717, 1.165) is 19.2 Å². The number of hydrogen-bond donors (Lipinski definition) is 0. The maximum atomic E-state index is 12.8. The highest BCUT2D eigenvalue weighted by Crippen LogP contribution is 2.41. The Morgan fingerprint density at radius 3 is 2.24 bits per heavy atom. The zero-order valence-corrected chi connectivity index (χ0v) is 11.1. The molecule has 0 amide bonds. The molecule has 1 heterocycles. The van der Waals surface area contributed by atoms with Gasteiger partial charge in [-0.2, -0.15) is 26.3 Å². The second-order valence-electron chi connectivity index (χ2n) is 5.04. The number of ether oxygens (including phenoxy) is 1. The Kier molecular flexibility index (Phi) is 3.96. The van der Waals surface area contributed by atoms with E-state index in [2.05, 4.69) is 4.74 Å². The van der Waals surface area contributed by atoms with Crippen molar-refractivity contribution in [3.05, 3.63) is 35.4 Å². The highest BCUT2D eigenvalue weighted by Gasteiger charge is 2.62. The molecule has 0 atom stereocenters. The summed E-state index contributed by atoms with van der Waals surface area (Å²) in [7, 11) is 0.981. The van der Waals surface area contributed by atoms with Crippen molar-refractivity contribution in [1.29, 1.82) is 0 Å². The lowest BCUT2D eigenvalue weighted by molar-refractivity contribution is -0.312. The van der Waals surface area contributed by atoms with E-state index < -0.39 is 23.5 Å². The first-order valence-electron chi connectivity index (χ1n) is 6.08. The minimum Gasteiger partial charge on any atom is -0.366 e. The molecule has 0 spiro atoms. The molecule has 0 bridgehead atoms. The third-order valence-electron chi connectivity index (χ3n) is 3.53. The number of benzene rings is 1.